The first kappa shape index (κ1) is 25.2. The summed E-state index contributed by atoms with van der Waals surface area (Å²) >= 11 is 0. The number of carbonyl (C=O) groups excluding carboxylic acids is 2. The van der Waals surface area contributed by atoms with Crippen LogP contribution in [0.3, 0.4) is 0 Å². The number of anilines is 2. The fourth-order valence-corrected chi connectivity index (χ4v) is 5.26. The Morgan fingerprint density at radius 3 is 2.44 bits per heavy atom. The lowest BCUT2D eigenvalue weighted by molar-refractivity contribution is -0.120. The molecule has 2 N–H and O–H groups in total. The molecular formula is C26H27N3O6S. The highest BCUT2D eigenvalue weighted by molar-refractivity contribution is 7.89. The van der Waals surface area contributed by atoms with Crippen LogP contribution in [0.1, 0.15) is 23.6 Å². The zero-order valence-corrected chi connectivity index (χ0v) is 21.0. The number of nitrogens with one attached hydrogen (secondary N) is 2. The second-order valence-electron chi connectivity index (χ2n) is 8.27. The van der Waals surface area contributed by atoms with Crippen molar-refractivity contribution in [2.45, 2.75) is 23.8 Å². The Morgan fingerprint density at radius 1 is 1.00 bits per heavy atom. The van der Waals surface area contributed by atoms with Gasteiger partial charge in [-0.25, -0.2) is 8.42 Å². The molecule has 1 atom stereocenters. The maximum atomic E-state index is 13.7. The standard InChI is InChI=1S/C26H27N3O6S/c1-29(22-13-10-19(34-2)16-23(22)35-3)26(31)25(17-7-5-4-6-8-17)28-36(32,33)20-11-12-21-18(15-20)9-14-24(30)27-21/h4-8,10-13,15-16,25,28H,9,14H2,1-3H3,(H,27,30)/t25-/m1/s1. The molecule has 3 aromatic carbocycles. The molecule has 0 aliphatic carbocycles. The lowest BCUT2D eigenvalue weighted by atomic mass is 10.0. The highest BCUT2D eigenvalue weighted by Gasteiger charge is 2.31. The molecule has 10 heteroatoms. The molecule has 0 saturated heterocycles. The van der Waals surface area contributed by atoms with Crippen molar-refractivity contribution < 1.29 is 27.5 Å². The van der Waals surface area contributed by atoms with E-state index in [1.54, 1.807) is 61.6 Å². The molecule has 0 saturated carbocycles. The number of benzene rings is 3. The second kappa shape index (κ2) is 10.4. The van der Waals surface area contributed by atoms with Gasteiger partial charge in [0.05, 0.1) is 24.8 Å². The van der Waals surface area contributed by atoms with Gasteiger partial charge in [0.25, 0.3) is 0 Å². The molecule has 0 bridgehead atoms. The van der Waals surface area contributed by atoms with Crippen LogP contribution in [0, 0.1) is 0 Å². The Kier molecular flexibility index (Phi) is 7.27. The summed E-state index contributed by atoms with van der Waals surface area (Å²) in [5.74, 6) is 0.346. The van der Waals surface area contributed by atoms with E-state index in [0.717, 1.165) is 5.56 Å². The molecule has 9 nitrogen and oxygen atoms in total. The number of hydrogen-bond donors (Lipinski definition) is 2. The number of methoxy groups -OCH3 is 2. The zero-order valence-electron chi connectivity index (χ0n) is 20.1. The van der Waals surface area contributed by atoms with Gasteiger partial charge in [0.2, 0.25) is 21.8 Å². The smallest absolute Gasteiger partial charge is 0.249 e. The van der Waals surface area contributed by atoms with E-state index in [1.807, 2.05) is 0 Å². The predicted molar refractivity (Wildman–Crippen MR) is 136 cm³/mol. The highest BCUT2D eigenvalue weighted by Crippen LogP contribution is 2.33. The SMILES string of the molecule is COc1ccc(N(C)C(=O)[C@H](NS(=O)(=O)c2ccc3c(c2)CCC(=O)N3)c2ccccc2)c(OC)c1. The minimum Gasteiger partial charge on any atom is -0.497 e. The molecule has 3 aromatic rings. The molecule has 0 fully saturated rings. The van der Waals surface area contributed by atoms with E-state index in [9.17, 15) is 18.0 Å². The minimum absolute atomic E-state index is 0.0100. The third-order valence-corrected chi connectivity index (χ3v) is 7.43. The van der Waals surface area contributed by atoms with Crippen molar-refractivity contribution in [2.24, 2.45) is 0 Å². The van der Waals surface area contributed by atoms with Gasteiger partial charge in [-0.15, -0.1) is 0 Å². The molecule has 36 heavy (non-hydrogen) atoms. The summed E-state index contributed by atoms with van der Waals surface area (Å²) in [4.78, 5) is 26.7. The van der Waals surface area contributed by atoms with Crippen molar-refractivity contribution in [1.82, 2.24) is 4.72 Å². The first-order valence-corrected chi connectivity index (χ1v) is 12.7. The number of ether oxygens (including phenoxy) is 2. The fraction of sp³-hybridized carbons (Fsp3) is 0.231. The first-order chi connectivity index (χ1) is 17.2. The maximum Gasteiger partial charge on any atom is 0.249 e. The van der Waals surface area contributed by atoms with E-state index in [4.69, 9.17) is 9.47 Å². The van der Waals surface area contributed by atoms with Crippen LogP contribution in [0.2, 0.25) is 0 Å². The number of fused-ring (bicyclic) bond motifs is 1. The van der Waals surface area contributed by atoms with E-state index < -0.39 is 22.0 Å². The van der Waals surface area contributed by atoms with Gasteiger partial charge < -0.3 is 19.7 Å². The molecule has 4 rings (SSSR count). The molecule has 1 aliphatic rings. The molecular weight excluding hydrogens is 482 g/mol. The predicted octanol–water partition coefficient (Wildman–Crippen LogP) is 3.27. The number of amides is 2. The Hall–Kier alpha value is -3.89. The third-order valence-electron chi connectivity index (χ3n) is 6.01. The van der Waals surface area contributed by atoms with Crippen molar-refractivity contribution in [3.8, 4) is 11.5 Å². The van der Waals surface area contributed by atoms with Crippen LogP contribution in [-0.4, -0.2) is 41.5 Å². The summed E-state index contributed by atoms with van der Waals surface area (Å²) in [6, 6.07) is 16.9. The lowest BCUT2D eigenvalue weighted by Gasteiger charge is -2.26. The summed E-state index contributed by atoms with van der Waals surface area (Å²) in [5, 5.41) is 2.74. The van der Waals surface area contributed by atoms with Crippen molar-refractivity contribution >= 4 is 33.2 Å². The molecule has 2 amide bonds. The van der Waals surface area contributed by atoms with Crippen LogP contribution in [0.15, 0.2) is 71.6 Å². The summed E-state index contributed by atoms with van der Waals surface area (Å²) in [7, 11) is 0.455. The number of nitrogens with zero attached hydrogens (tertiary/aromatic N) is 1. The van der Waals surface area contributed by atoms with Crippen LogP contribution >= 0.6 is 0 Å². The minimum atomic E-state index is -4.10. The van der Waals surface area contributed by atoms with E-state index in [-0.39, 0.29) is 17.2 Å². The number of aryl methyl sites for hydroxylation is 1. The molecule has 0 spiro atoms. The largest absolute Gasteiger partial charge is 0.497 e. The topological polar surface area (TPSA) is 114 Å². The zero-order chi connectivity index (χ0) is 25.9. The van der Waals surface area contributed by atoms with Crippen molar-refractivity contribution in [3.05, 3.63) is 77.9 Å². The van der Waals surface area contributed by atoms with Crippen molar-refractivity contribution in [1.29, 1.82) is 0 Å². The molecule has 1 aliphatic heterocycles. The summed E-state index contributed by atoms with van der Waals surface area (Å²) < 4.78 is 40.1. The third kappa shape index (κ3) is 5.19. The van der Waals surface area contributed by atoms with Gasteiger partial charge in [-0.3, -0.25) is 9.59 Å². The first-order valence-electron chi connectivity index (χ1n) is 11.2. The molecule has 0 aromatic heterocycles. The Morgan fingerprint density at radius 2 is 1.75 bits per heavy atom. The van der Waals surface area contributed by atoms with Crippen LogP contribution in [0.4, 0.5) is 11.4 Å². The van der Waals surface area contributed by atoms with Gasteiger partial charge in [0, 0.05) is 25.2 Å². The summed E-state index contributed by atoms with van der Waals surface area (Å²) in [5.41, 5.74) is 2.25. The normalized spacial score (nSPS) is 13.8. The number of sulfonamides is 1. The van der Waals surface area contributed by atoms with E-state index in [1.165, 1.54) is 31.3 Å². The van der Waals surface area contributed by atoms with Gasteiger partial charge in [0.1, 0.15) is 17.5 Å². The quantitative estimate of drug-likeness (QED) is 0.482. The Balaban J connectivity index is 1.68. The average Bonchev–Trinajstić information content (AvgIpc) is 2.90. The Bertz CT molecular complexity index is 1390. The van der Waals surface area contributed by atoms with Crippen LogP contribution in [-0.2, 0) is 26.0 Å². The van der Waals surface area contributed by atoms with Gasteiger partial charge in [-0.2, -0.15) is 4.72 Å². The summed E-state index contributed by atoms with van der Waals surface area (Å²) in [6.45, 7) is 0. The lowest BCUT2D eigenvalue weighted by Crippen LogP contribution is -2.41. The average molecular weight is 510 g/mol. The Labute approximate surface area is 210 Å². The fourth-order valence-electron chi connectivity index (χ4n) is 4.03. The molecule has 1 heterocycles. The number of hydrogen-bond acceptors (Lipinski definition) is 6. The highest BCUT2D eigenvalue weighted by atomic mass is 32.2. The number of carbonyl (C=O) groups is 2. The van der Waals surface area contributed by atoms with Gasteiger partial charge >= 0.3 is 0 Å². The van der Waals surface area contributed by atoms with Crippen LogP contribution in [0.25, 0.3) is 0 Å². The maximum absolute atomic E-state index is 13.7. The number of rotatable bonds is 8. The molecule has 0 unspecified atom stereocenters. The van der Waals surface area contributed by atoms with Gasteiger partial charge in [-0.05, 0) is 47.9 Å². The van der Waals surface area contributed by atoms with E-state index >= 15 is 0 Å². The number of likely N-dealkylation sites (N-methyl/N-ethyl adjacent to an activating group) is 1. The van der Waals surface area contributed by atoms with Crippen LogP contribution < -0.4 is 24.4 Å². The van der Waals surface area contributed by atoms with Crippen molar-refractivity contribution in [2.75, 3.05) is 31.5 Å². The molecule has 0 radical (unpaired) electrons. The summed E-state index contributed by atoms with van der Waals surface area (Å²) in [6.07, 6.45) is 0.717. The molecule has 188 valence electrons. The second-order valence-corrected chi connectivity index (χ2v) is 9.98. The van der Waals surface area contributed by atoms with Crippen LogP contribution in [0.5, 0.6) is 11.5 Å². The van der Waals surface area contributed by atoms with Crippen molar-refractivity contribution in [3.63, 3.8) is 0 Å². The van der Waals surface area contributed by atoms with E-state index in [2.05, 4.69) is 10.0 Å². The van der Waals surface area contributed by atoms with Gasteiger partial charge in [0.15, 0.2) is 0 Å². The monoisotopic (exact) mass is 509 g/mol. The van der Waals surface area contributed by atoms with E-state index in [0.29, 0.717) is 34.9 Å². The van der Waals surface area contributed by atoms with Gasteiger partial charge in [-0.1, -0.05) is 30.3 Å².